The molecule has 1 aromatic rings. The zero-order valence-electron chi connectivity index (χ0n) is 11.7. The Morgan fingerprint density at radius 1 is 1.33 bits per heavy atom. The van der Waals surface area contributed by atoms with Crippen molar-refractivity contribution in [2.45, 2.75) is 12.5 Å². The molecule has 1 fully saturated rings. The molecule has 2 atom stereocenters. The van der Waals surface area contributed by atoms with Crippen LogP contribution in [0.3, 0.4) is 0 Å². The van der Waals surface area contributed by atoms with E-state index in [-0.39, 0.29) is 17.9 Å². The molecule has 0 spiro atoms. The Bertz CT molecular complexity index is 618. The predicted octanol–water partition coefficient (Wildman–Crippen LogP) is 0.360. The van der Waals surface area contributed by atoms with E-state index in [0.29, 0.717) is 31.0 Å². The quantitative estimate of drug-likeness (QED) is 0.743. The van der Waals surface area contributed by atoms with E-state index in [4.69, 9.17) is 10.5 Å². The molecule has 1 saturated heterocycles. The Morgan fingerprint density at radius 3 is 2.71 bits per heavy atom. The van der Waals surface area contributed by atoms with Crippen LogP contribution in [0.15, 0.2) is 24.3 Å². The standard InChI is InChI=1S/C13H19N3O4S/c1-21(18,19)16-12-4-2-3-11(6-12)15-13(17)9-5-10(14)8-20-7-9/h2-4,6,9-10,16H,5,7-8,14H2,1H3,(H,15,17). The Hall–Kier alpha value is -1.64. The Balaban J connectivity index is 2.02. The predicted molar refractivity (Wildman–Crippen MR) is 80.4 cm³/mol. The highest BCUT2D eigenvalue weighted by Gasteiger charge is 2.26. The first-order chi connectivity index (χ1) is 9.83. The average molecular weight is 313 g/mol. The maximum absolute atomic E-state index is 12.1. The number of benzene rings is 1. The second-order valence-electron chi connectivity index (χ2n) is 5.17. The van der Waals surface area contributed by atoms with Crippen molar-refractivity contribution < 1.29 is 17.9 Å². The number of nitrogens with two attached hydrogens (primary N) is 1. The van der Waals surface area contributed by atoms with Crippen molar-refractivity contribution in [1.82, 2.24) is 0 Å². The molecule has 7 nitrogen and oxygen atoms in total. The van der Waals surface area contributed by atoms with Crippen LogP contribution in [0.4, 0.5) is 11.4 Å². The Labute approximate surface area is 123 Å². The molecule has 1 aromatic carbocycles. The minimum absolute atomic E-state index is 0.132. The summed E-state index contributed by atoms with van der Waals surface area (Å²) in [5.41, 5.74) is 6.68. The first kappa shape index (κ1) is 15.7. The van der Waals surface area contributed by atoms with Gasteiger partial charge in [-0.1, -0.05) is 6.07 Å². The van der Waals surface area contributed by atoms with E-state index in [1.165, 1.54) is 0 Å². The van der Waals surface area contributed by atoms with Crippen molar-refractivity contribution in [2.75, 3.05) is 29.5 Å². The largest absolute Gasteiger partial charge is 0.379 e. The molecule has 2 rings (SSSR count). The number of hydrogen-bond acceptors (Lipinski definition) is 5. The minimum atomic E-state index is -3.35. The van der Waals surface area contributed by atoms with Gasteiger partial charge in [-0.15, -0.1) is 0 Å². The second-order valence-corrected chi connectivity index (χ2v) is 6.92. The molecule has 0 bridgehead atoms. The molecule has 1 amide bonds. The number of carbonyl (C=O) groups excluding carboxylic acids is 1. The zero-order chi connectivity index (χ0) is 15.5. The van der Waals surface area contributed by atoms with E-state index in [1.807, 2.05) is 0 Å². The lowest BCUT2D eigenvalue weighted by Gasteiger charge is -2.26. The molecule has 1 aliphatic heterocycles. The first-order valence-electron chi connectivity index (χ1n) is 6.55. The molecule has 21 heavy (non-hydrogen) atoms. The van der Waals surface area contributed by atoms with Gasteiger partial charge in [0, 0.05) is 11.7 Å². The molecular weight excluding hydrogens is 294 g/mol. The van der Waals surface area contributed by atoms with Gasteiger partial charge in [-0.25, -0.2) is 8.42 Å². The smallest absolute Gasteiger partial charge is 0.229 e. The fourth-order valence-corrected chi connectivity index (χ4v) is 2.72. The normalized spacial score (nSPS) is 22.6. The summed E-state index contributed by atoms with van der Waals surface area (Å²) in [4.78, 5) is 12.1. The van der Waals surface area contributed by atoms with Crippen LogP contribution in [-0.2, 0) is 19.6 Å². The zero-order valence-corrected chi connectivity index (χ0v) is 12.5. The summed E-state index contributed by atoms with van der Waals surface area (Å²) in [6.07, 6.45) is 1.64. The summed E-state index contributed by atoms with van der Waals surface area (Å²) in [6, 6.07) is 6.38. The highest BCUT2D eigenvalue weighted by molar-refractivity contribution is 7.92. The fourth-order valence-electron chi connectivity index (χ4n) is 2.16. The third-order valence-electron chi connectivity index (χ3n) is 3.04. The molecule has 8 heteroatoms. The van der Waals surface area contributed by atoms with E-state index in [2.05, 4.69) is 10.0 Å². The average Bonchev–Trinajstić information content (AvgIpc) is 2.37. The first-order valence-corrected chi connectivity index (χ1v) is 8.44. The van der Waals surface area contributed by atoms with Crippen molar-refractivity contribution in [3.8, 4) is 0 Å². The van der Waals surface area contributed by atoms with Crippen LogP contribution in [0.5, 0.6) is 0 Å². The number of ether oxygens (including phenoxy) is 1. The third kappa shape index (κ3) is 5.00. The summed E-state index contributed by atoms with van der Waals surface area (Å²) in [5.74, 6) is -0.470. The van der Waals surface area contributed by atoms with E-state index in [1.54, 1.807) is 24.3 Å². The van der Waals surface area contributed by atoms with Crippen LogP contribution in [0.2, 0.25) is 0 Å². The van der Waals surface area contributed by atoms with Gasteiger partial charge in [0.25, 0.3) is 0 Å². The summed E-state index contributed by atoms with van der Waals surface area (Å²) >= 11 is 0. The molecule has 0 saturated carbocycles. The summed E-state index contributed by atoms with van der Waals surface area (Å²) in [6.45, 7) is 0.818. The van der Waals surface area contributed by atoms with Crippen molar-refractivity contribution in [1.29, 1.82) is 0 Å². The summed E-state index contributed by atoms with van der Waals surface area (Å²) in [5, 5.41) is 2.75. The number of nitrogens with one attached hydrogen (secondary N) is 2. The number of anilines is 2. The highest BCUT2D eigenvalue weighted by Crippen LogP contribution is 2.19. The maximum Gasteiger partial charge on any atom is 0.229 e. The van der Waals surface area contributed by atoms with Gasteiger partial charge < -0.3 is 15.8 Å². The maximum atomic E-state index is 12.1. The van der Waals surface area contributed by atoms with Crippen LogP contribution in [0.25, 0.3) is 0 Å². The van der Waals surface area contributed by atoms with Crippen LogP contribution < -0.4 is 15.8 Å². The number of sulfonamides is 1. The van der Waals surface area contributed by atoms with Gasteiger partial charge in [-0.3, -0.25) is 9.52 Å². The molecule has 0 aliphatic carbocycles. The topological polar surface area (TPSA) is 111 Å². The molecule has 0 aromatic heterocycles. The number of amides is 1. The van der Waals surface area contributed by atoms with E-state index < -0.39 is 10.0 Å². The van der Waals surface area contributed by atoms with Gasteiger partial charge in [0.1, 0.15) is 0 Å². The van der Waals surface area contributed by atoms with Crippen LogP contribution in [-0.4, -0.2) is 39.8 Å². The van der Waals surface area contributed by atoms with Crippen LogP contribution in [0, 0.1) is 5.92 Å². The van der Waals surface area contributed by atoms with Crippen LogP contribution >= 0.6 is 0 Å². The van der Waals surface area contributed by atoms with Crippen molar-refractivity contribution in [2.24, 2.45) is 11.7 Å². The van der Waals surface area contributed by atoms with Gasteiger partial charge in [-0.2, -0.15) is 0 Å². The van der Waals surface area contributed by atoms with Gasteiger partial charge in [0.15, 0.2) is 0 Å². The van der Waals surface area contributed by atoms with E-state index in [0.717, 1.165) is 6.26 Å². The van der Waals surface area contributed by atoms with Crippen molar-refractivity contribution >= 4 is 27.3 Å². The summed E-state index contributed by atoms with van der Waals surface area (Å²) in [7, 11) is -3.35. The van der Waals surface area contributed by atoms with E-state index in [9.17, 15) is 13.2 Å². The molecule has 116 valence electrons. The van der Waals surface area contributed by atoms with Gasteiger partial charge in [0.05, 0.1) is 31.1 Å². The Kier molecular flexibility index (Phi) is 4.81. The molecule has 1 aliphatic rings. The van der Waals surface area contributed by atoms with Crippen LogP contribution in [0.1, 0.15) is 6.42 Å². The Morgan fingerprint density at radius 2 is 2.05 bits per heavy atom. The highest BCUT2D eigenvalue weighted by atomic mass is 32.2. The lowest BCUT2D eigenvalue weighted by Crippen LogP contribution is -2.40. The number of rotatable bonds is 4. The lowest BCUT2D eigenvalue weighted by molar-refractivity contribution is -0.124. The van der Waals surface area contributed by atoms with Gasteiger partial charge in [-0.05, 0) is 24.6 Å². The molecule has 1 heterocycles. The van der Waals surface area contributed by atoms with Gasteiger partial charge >= 0.3 is 0 Å². The van der Waals surface area contributed by atoms with Gasteiger partial charge in [0.2, 0.25) is 15.9 Å². The second kappa shape index (κ2) is 6.42. The molecule has 0 radical (unpaired) electrons. The number of carbonyl (C=O) groups is 1. The number of hydrogen-bond donors (Lipinski definition) is 3. The SMILES string of the molecule is CS(=O)(=O)Nc1cccc(NC(=O)C2COCC(N)C2)c1. The fraction of sp³-hybridized carbons (Fsp3) is 0.462. The molecule has 4 N–H and O–H groups in total. The third-order valence-corrected chi connectivity index (χ3v) is 3.65. The summed E-state index contributed by atoms with van der Waals surface area (Å²) < 4.78 is 30.0. The molecule has 2 unspecified atom stereocenters. The van der Waals surface area contributed by atoms with Crippen molar-refractivity contribution in [3.63, 3.8) is 0 Å². The van der Waals surface area contributed by atoms with E-state index >= 15 is 0 Å². The molecular formula is C13H19N3O4S. The monoisotopic (exact) mass is 313 g/mol. The van der Waals surface area contributed by atoms with Crippen molar-refractivity contribution in [3.05, 3.63) is 24.3 Å². The minimum Gasteiger partial charge on any atom is -0.379 e. The lowest BCUT2D eigenvalue weighted by atomic mass is 9.98.